The molecule has 0 aliphatic carbocycles. The predicted molar refractivity (Wildman–Crippen MR) is 96.4 cm³/mol. The van der Waals surface area contributed by atoms with Crippen LogP contribution in [0, 0.1) is 0 Å². The number of benzene rings is 2. The summed E-state index contributed by atoms with van der Waals surface area (Å²) in [5, 5.41) is 3.19. The third kappa shape index (κ3) is 3.71. The number of hydrogen-bond donors (Lipinski definition) is 1. The SMILES string of the molecule is O=C(Nc1cccc(OCC2CCCO2)c1)c1cc(Cl)c2c(c1)OCO2. The standard InChI is InChI=1S/C19H18ClNO5/c20-16-7-12(8-17-18(16)26-11-25-17)19(22)21-13-3-1-4-14(9-13)24-10-15-5-2-6-23-15/h1,3-4,7-9,15H,2,5-6,10-11H2,(H,21,22). The van der Waals surface area contributed by atoms with Gasteiger partial charge in [0.15, 0.2) is 11.5 Å². The zero-order valence-corrected chi connectivity index (χ0v) is 14.8. The van der Waals surface area contributed by atoms with Crippen LogP contribution in [0.5, 0.6) is 17.2 Å². The molecular weight excluding hydrogens is 358 g/mol. The van der Waals surface area contributed by atoms with Crippen molar-refractivity contribution in [3.05, 3.63) is 47.0 Å². The van der Waals surface area contributed by atoms with E-state index < -0.39 is 0 Å². The van der Waals surface area contributed by atoms with Crippen molar-refractivity contribution in [2.24, 2.45) is 0 Å². The fraction of sp³-hybridized carbons (Fsp3) is 0.316. The fourth-order valence-corrected chi connectivity index (χ4v) is 3.20. The Morgan fingerprint density at radius 3 is 3.04 bits per heavy atom. The number of carbonyl (C=O) groups is 1. The van der Waals surface area contributed by atoms with E-state index in [9.17, 15) is 4.79 Å². The first-order valence-corrected chi connectivity index (χ1v) is 8.82. The Morgan fingerprint density at radius 1 is 1.27 bits per heavy atom. The second kappa shape index (κ2) is 7.43. The van der Waals surface area contributed by atoms with Crippen molar-refractivity contribution in [2.45, 2.75) is 18.9 Å². The lowest BCUT2D eigenvalue weighted by Crippen LogP contribution is -2.16. The van der Waals surface area contributed by atoms with Crippen molar-refractivity contribution in [3.63, 3.8) is 0 Å². The zero-order chi connectivity index (χ0) is 17.9. The normalized spacial score (nSPS) is 18.0. The van der Waals surface area contributed by atoms with Crippen molar-refractivity contribution in [3.8, 4) is 17.2 Å². The van der Waals surface area contributed by atoms with Gasteiger partial charge in [0.2, 0.25) is 6.79 Å². The average molecular weight is 376 g/mol. The van der Waals surface area contributed by atoms with Crippen LogP contribution in [0.4, 0.5) is 5.69 Å². The number of ether oxygens (including phenoxy) is 4. The number of halogens is 1. The van der Waals surface area contributed by atoms with E-state index in [1.807, 2.05) is 12.1 Å². The molecule has 0 bridgehead atoms. The summed E-state index contributed by atoms with van der Waals surface area (Å²) in [4.78, 5) is 12.5. The Kier molecular flexibility index (Phi) is 4.86. The van der Waals surface area contributed by atoms with Gasteiger partial charge >= 0.3 is 0 Å². The minimum absolute atomic E-state index is 0.101. The summed E-state index contributed by atoms with van der Waals surface area (Å²) in [6.07, 6.45) is 2.23. The molecule has 0 saturated carbocycles. The van der Waals surface area contributed by atoms with Gasteiger partial charge in [-0.2, -0.15) is 0 Å². The molecule has 1 unspecified atom stereocenters. The van der Waals surface area contributed by atoms with E-state index in [1.165, 1.54) is 0 Å². The van der Waals surface area contributed by atoms with E-state index in [4.69, 9.17) is 30.5 Å². The van der Waals surface area contributed by atoms with Gasteiger partial charge in [-0.3, -0.25) is 4.79 Å². The van der Waals surface area contributed by atoms with Gasteiger partial charge in [-0.25, -0.2) is 0 Å². The molecule has 0 radical (unpaired) electrons. The largest absolute Gasteiger partial charge is 0.491 e. The first-order valence-electron chi connectivity index (χ1n) is 8.44. The lowest BCUT2D eigenvalue weighted by Gasteiger charge is -2.13. The summed E-state index contributed by atoms with van der Waals surface area (Å²) in [5.41, 5.74) is 1.03. The number of amides is 1. The highest BCUT2D eigenvalue weighted by atomic mass is 35.5. The summed E-state index contributed by atoms with van der Waals surface area (Å²) in [6.45, 7) is 1.40. The summed E-state index contributed by atoms with van der Waals surface area (Å²) in [5.74, 6) is 1.33. The number of anilines is 1. The van der Waals surface area contributed by atoms with Crippen LogP contribution in [0.3, 0.4) is 0 Å². The minimum Gasteiger partial charge on any atom is -0.491 e. The van der Waals surface area contributed by atoms with Gasteiger partial charge in [-0.05, 0) is 37.1 Å². The molecule has 0 spiro atoms. The number of fused-ring (bicyclic) bond motifs is 1. The Morgan fingerprint density at radius 2 is 2.19 bits per heavy atom. The smallest absolute Gasteiger partial charge is 0.255 e. The van der Waals surface area contributed by atoms with Crippen LogP contribution >= 0.6 is 11.6 Å². The van der Waals surface area contributed by atoms with E-state index in [2.05, 4.69) is 5.32 Å². The van der Waals surface area contributed by atoms with E-state index in [0.717, 1.165) is 19.4 Å². The quantitative estimate of drug-likeness (QED) is 0.859. The molecule has 2 heterocycles. The second-order valence-electron chi connectivity index (χ2n) is 6.12. The molecule has 7 heteroatoms. The van der Waals surface area contributed by atoms with Crippen LogP contribution in [0.25, 0.3) is 0 Å². The molecule has 1 saturated heterocycles. The molecule has 6 nitrogen and oxygen atoms in total. The molecular formula is C19H18ClNO5. The lowest BCUT2D eigenvalue weighted by molar-refractivity contribution is 0.0680. The van der Waals surface area contributed by atoms with E-state index >= 15 is 0 Å². The van der Waals surface area contributed by atoms with Gasteiger partial charge in [0, 0.05) is 23.9 Å². The highest BCUT2D eigenvalue weighted by molar-refractivity contribution is 6.32. The van der Waals surface area contributed by atoms with E-state index in [0.29, 0.717) is 40.1 Å². The number of rotatable bonds is 5. The van der Waals surface area contributed by atoms with Crippen LogP contribution in [0.1, 0.15) is 23.2 Å². The fourth-order valence-electron chi connectivity index (χ4n) is 2.93. The van der Waals surface area contributed by atoms with Crippen LogP contribution < -0.4 is 19.5 Å². The third-order valence-corrected chi connectivity index (χ3v) is 4.52. The first kappa shape index (κ1) is 17.0. The van der Waals surface area contributed by atoms with Gasteiger partial charge in [-0.15, -0.1) is 0 Å². The molecule has 2 aromatic rings. The van der Waals surface area contributed by atoms with Gasteiger partial charge in [0.25, 0.3) is 5.91 Å². The summed E-state index contributed by atoms with van der Waals surface area (Å²) in [6, 6.07) is 10.4. The number of carbonyl (C=O) groups excluding carboxylic acids is 1. The van der Waals surface area contributed by atoms with Gasteiger partial charge < -0.3 is 24.3 Å². The van der Waals surface area contributed by atoms with Gasteiger partial charge in [0.05, 0.1) is 11.1 Å². The summed E-state index contributed by atoms with van der Waals surface area (Å²) >= 11 is 6.13. The number of hydrogen-bond acceptors (Lipinski definition) is 5. The van der Waals surface area contributed by atoms with Crippen molar-refractivity contribution in [2.75, 3.05) is 25.3 Å². The van der Waals surface area contributed by atoms with Gasteiger partial charge in [-0.1, -0.05) is 17.7 Å². The van der Waals surface area contributed by atoms with Crippen LogP contribution in [0.2, 0.25) is 5.02 Å². The van der Waals surface area contributed by atoms with Crippen molar-refractivity contribution in [1.82, 2.24) is 0 Å². The molecule has 26 heavy (non-hydrogen) atoms. The lowest BCUT2D eigenvalue weighted by atomic mass is 10.2. The molecule has 1 atom stereocenters. The Labute approximate surface area is 156 Å². The average Bonchev–Trinajstić information content (AvgIpc) is 3.32. The minimum atomic E-state index is -0.290. The molecule has 1 N–H and O–H groups in total. The maximum atomic E-state index is 12.5. The van der Waals surface area contributed by atoms with E-state index in [1.54, 1.807) is 24.3 Å². The van der Waals surface area contributed by atoms with Crippen molar-refractivity contribution < 1.29 is 23.7 Å². The molecule has 1 fully saturated rings. The Bertz CT molecular complexity index is 820. The molecule has 2 aromatic carbocycles. The second-order valence-corrected chi connectivity index (χ2v) is 6.53. The zero-order valence-electron chi connectivity index (χ0n) is 14.0. The Balaban J connectivity index is 1.42. The topological polar surface area (TPSA) is 66.0 Å². The van der Waals surface area contributed by atoms with Crippen molar-refractivity contribution in [1.29, 1.82) is 0 Å². The van der Waals surface area contributed by atoms with E-state index in [-0.39, 0.29) is 18.8 Å². The Hall–Kier alpha value is -2.44. The molecule has 1 amide bonds. The maximum Gasteiger partial charge on any atom is 0.255 e. The highest BCUT2D eigenvalue weighted by Crippen LogP contribution is 2.39. The predicted octanol–water partition coefficient (Wildman–Crippen LogP) is 3.88. The summed E-state index contributed by atoms with van der Waals surface area (Å²) < 4.78 is 21.9. The molecule has 4 rings (SSSR count). The molecule has 136 valence electrons. The third-order valence-electron chi connectivity index (χ3n) is 4.24. The first-order chi connectivity index (χ1) is 12.7. The van der Waals surface area contributed by atoms with Crippen LogP contribution in [-0.4, -0.2) is 32.0 Å². The summed E-state index contributed by atoms with van der Waals surface area (Å²) in [7, 11) is 0. The monoisotopic (exact) mass is 375 g/mol. The van der Waals surface area contributed by atoms with Crippen LogP contribution in [-0.2, 0) is 4.74 Å². The molecule has 0 aromatic heterocycles. The highest BCUT2D eigenvalue weighted by Gasteiger charge is 2.21. The van der Waals surface area contributed by atoms with Gasteiger partial charge in [0.1, 0.15) is 12.4 Å². The van der Waals surface area contributed by atoms with Crippen molar-refractivity contribution >= 4 is 23.2 Å². The van der Waals surface area contributed by atoms with Crippen LogP contribution in [0.15, 0.2) is 36.4 Å². The number of nitrogens with one attached hydrogen (secondary N) is 1. The molecule has 2 aliphatic rings. The molecule has 2 aliphatic heterocycles. The maximum absolute atomic E-state index is 12.5.